The average Bonchev–Trinajstić information content (AvgIpc) is 2.92. The van der Waals surface area contributed by atoms with Crippen LogP contribution in [0.1, 0.15) is 30.0 Å². The van der Waals surface area contributed by atoms with Gasteiger partial charge in [0.05, 0.1) is 0 Å². The van der Waals surface area contributed by atoms with Gasteiger partial charge in [0.15, 0.2) is 0 Å². The molecule has 2 aromatic carbocycles. The highest BCUT2D eigenvalue weighted by Gasteiger charge is 2.45. The summed E-state index contributed by atoms with van der Waals surface area (Å²) >= 11 is 0. The van der Waals surface area contributed by atoms with Gasteiger partial charge < -0.3 is 0 Å². The Balaban J connectivity index is 2.05. The zero-order valence-corrected chi connectivity index (χ0v) is 14.4. The summed E-state index contributed by atoms with van der Waals surface area (Å²) in [4.78, 5) is 0. The normalized spacial score (nSPS) is 17.7. The second-order valence-electron chi connectivity index (χ2n) is 7.02. The van der Waals surface area contributed by atoms with Crippen LogP contribution in [0.2, 0.25) is 13.1 Å². The Morgan fingerprint density at radius 2 is 1.67 bits per heavy atom. The van der Waals surface area contributed by atoms with Gasteiger partial charge in [-0.1, -0.05) is 67.6 Å². The fourth-order valence-electron chi connectivity index (χ4n) is 4.31. The van der Waals surface area contributed by atoms with Crippen molar-refractivity contribution < 1.29 is 0 Å². The van der Waals surface area contributed by atoms with Crippen molar-refractivity contribution in [3.8, 4) is 11.1 Å². The Morgan fingerprint density at radius 1 is 0.952 bits per heavy atom. The number of rotatable bonds is 2. The maximum atomic E-state index is 2.53. The molecule has 2 aliphatic rings. The molecule has 1 aliphatic carbocycles. The summed E-state index contributed by atoms with van der Waals surface area (Å²) in [5.74, 6) is 0. The van der Waals surface area contributed by atoms with Crippen LogP contribution in [0.5, 0.6) is 0 Å². The molecule has 2 aromatic rings. The number of allylic oxidation sites excluding steroid dienone is 1. The molecule has 0 unspecified atom stereocenters. The van der Waals surface area contributed by atoms with Gasteiger partial charge in [-0.3, -0.25) is 0 Å². The van der Waals surface area contributed by atoms with E-state index in [1.807, 2.05) is 0 Å². The van der Waals surface area contributed by atoms with Gasteiger partial charge in [0.2, 0.25) is 0 Å². The quantitative estimate of drug-likeness (QED) is 0.694. The zero-order chi connectivity index (χ0) is 14.8. The van der Waals surface area contributed by atoms with Crippen LogP contribution in [0, 0.1) is 6.92 Å². The van der Waals surface area contributed by atoms with E-state index in [0.29, 0.717) is 0 Å². The van der Waals surface area contributed by atoms with E-state index in [4.69, 9.17) is 0 Å². The summed E-state index contributed by atoms with van der Waals surface area (Å²) in [6, 6.07) is 13.9. The Labute approximate surface area is 128 Å². The third-order valence-electron chi connectivity index (χ3n) is 5.36. The van der Waals surface area contributed by atoms with Crippen LogP contribution in [0.15, 0.2) is 42.0 Å². The molecule has 0 N–H and O–H groups in total. The lowest BCUT2D eigenvalue weighted by Crippen LogP contribution is -2.39. The molecule has 2 bridgehead atoms. The third kappa shape index (κ3) is 1.61. The van der Waals surface area contributed by atoms with Gasteiger partial charge >= 0.3 is 0 Å². The fraction of sp³-hybridized carbons (Fsp3) is 0.300. The first-order valence-electron chi connectivity index (χ1n) is 8.00. The Bertz CT molecular complexity index is 776. The molecule has 1 heterocycles. The van der Waals surface area contributed by atoms with E-state index in [-0.39, 0.29) is 0 Å². The van der Waals surface area contributed by atoms with Gasteiger partial charge in [0, 0.05) is 0 Å². The minimum atomic E-state index is -1.49. The van der Waals surface area contributed by atoms with E-state index in [9.17, 15) is 0 Å². The summed E-state index contributed by atoms with van der Waals surface area (Å²) < 4.78 is 0. The second-order valence-corrected chi connectivity index (χ2v) is 11.3. The van der Waals surface area contributed by atoms with Gasteiger partial charge in [-0.15, -0.1) is 0 Å². The molecule has 4 rings (SSSR count). The first-order chi connectivity index (χ1) is 10.0. The van der Waals surface area contributed by atoms with Crippen LogP contribution >= 0.6 is 0 Å². The van der Waals surface area contributed by atoms with E-state index in [1.54, 1.807) is 32.6 Å². The second kappa shape index (κ2) is 4.20. The van der Waals surface area contributed by atoms with E-state index in [1.165, 1.54) is 24.0 Å². The monoisotopic (exact) mass is 290 g/mol. The molecule has 0 spiro atoms. The van der Waals surface area contributed by atoms with Crippen LogP contribution in [-0.4, -0.2) is 8.07 Å². The standard InChI is InChI=1S/C20H22Si/c1-5-14-12-16-10-11-17-18(15-8-6-13(2)7-9-15)19(16)20(14)21(17,3)4/h6-11H,5,12H2,1-4H3. The lowest BCUT2D eigenvalue weighted by Gasteiger charge is -2.21. The summed E-state index contributed by atoms with van der Waals surface area (Å²) in [5.41, 5.74) is 9.21. The molecule has 0 aromatic heterocycles. The zero-order valence-electron chi connectivity index (χ0n) is 13.4. The minimum Gasteiger partial charge on any atom is -0.0658 e. The summed E-state index contributed by atoms with van der Waals surface area (Å²) in [6.07, 6.45) is 2.40. The number of hydrogen-bond donors (Lipinski definition) is 0. The van der Waals surface area contributed by atoms with Crippen LogP contribution in [-0.2, 0) is 6.42 Å². The largest absolute Gasteiger partial charge is 0.113 e. The molecule has 106 valence electrons. The van der Waals surface area contributed by atoms with Gasteiger partial charge in [0.25, 0.3) is 0 Å². The molecule has 0 nitrogen and oxygen atoms in total. The highest BCUT2D eigenvalue weighted by molar-refractivity contribution is 7.07. The van der Waals surface area contributed by atoms with E-state index in [2.05, 4.69) is 63.3 Å². The molecule has 0 fully saturated rings. The fourth-order valence-corrected chi connectivity index (χ4v) is 8.03. The third-order valence-corrected chi connectivity index (χ3v) is 8.98. The lowest BCUT2D eigenvalue weighted by molar-refractivity contribution is 1.04. The summed E-state index contributed by atoms with van der Waals surface area (Å²) in [6.45, 7) is 9.56. The Hall–Kier alpha value is -1.60. The van der Waals surface area contributed by atoms with E-state index in [0.717, 1.165) is 0 Å². The number of aryl methyl sites for hydroxylation is 1. The first-order valence-corrected chi connectivity index (χ1v) is 11.0. The molecule has 1 aliphatic heterocycles. The molecule has 0 amide bonds. The average molecular weight is 290 g/mol. The summed E-state index contributed by atoms with van der Waals surface area (Å²) in [7, 11) is -1.49. The topological polar surface area (TPSA) is 0 Å². The van der Waals surface area contributed by atoms with Crippen molar-refractivity contribution in [1.82, 2.24) is 0 Å². The molecule has 21 heavy (non-hydrogen) atoms. The SMILES string of the molecule is CCC1=C2c3c(ccc(c3-c3ccc(C)cc3)[Si]2(C)C)C1. The van der Waals surface area contributed by atoms with Crippen molar-refractivity contribution >= 4 is 18.5 Å². The molecular weight excluding hydrogens is 268 g/mol. The predicted octanol–water partition coefficient (Wildman–Crippen LogP) is 4.85. The highest BCUT2D eigenvalue weighted by Crippen LogP contribution is 2.49. The smallest absolute Gasteiger partial charge is 0.0658 e. The number of hydrogen-bond acceptors (Lipinski definition) is 0. The first kappa shape index (κ1) is 13.1. The van der Waals surface area contributed by atoms with Gasteiger partial charge in [0.1, 0.15) is 8.07 Å². The molecule has 0 radical (unpaired) electrons. The van der Waals surface area contributed by atoms with Crippen molar-refractivity contribution in [3.05, 3.63) is 58.7 Å². The lowest BCUT2D eigenvalue weighted by atomic mass is 9.96. The summed E-state index contributed by atoms with van der Waals surface area (Å²) in [5, 5.41) is 3.40. The maximum Gasteiger partial charge on any atom is 0.113 e. The van der Waals surface area contributed by atoms with Crippen LogP contribution < -0.4 is 5.19 Å². The molecule has 0 atom stereocenters. The van der Waals surface area contributed by atoms with E-state index >= 15 is 0 Å². The molecule has 0 saturated carbocycles. The van der Waals surface area contributed by atoms with Crippen molar-refractivity contribution in [3.63, 3.8) is 0 Å². The van der Waals surface area contributed by atoms with Gasteiger partial charge in [-0.25, -0.2) is 0 Å². The van der Waals surface area contributed by atoms with Crippen LogP contribution in [0.4, 0.5) is 0 Å². The molecule has 1 heteroatoms. The Kier molecular flexibility index (Phi) is 2.62. The van der Waals surface area contributed by atoms with Crippen molar-refractivity contribution in [1.29, 1.82) is 0 Å². The maximum absolute atomic E-state index is 2.53. The van der Waals surface area contributed by atoms with Crippen molar-refractivity contribution in [2.75, 3.05) is 0 Å². The minimum absolute atomic E-state index is 1.19. The van der Waals surface area contributed by atoms with Gasteiger partial charge in [-0.2, -0.15) is 0 Å². The number of fused-ring (bicyclic) bond motifs is 1. The Morgan fingerprint density at radius 3 is 2.33 bits per heavy atom. The van der Waals surface area contributed by atoms with E-state index < -0.39 is 8.07 Å². The predicted molar refractivity (Wildman–Crippen MR) is 94.6 cm³/mol. The van der Waals surface area contributed by atoms with Crippen LogP contribution in [0.3, 0.4) is 0 Å². The highest BCUT2D eigenvalue weighted by atomic mass is 28.3. The molecular formula is C20H22Si. The van der Waals surface area contributed by atoms with Crippen molar-refractivity contribution in [2.24, 2.45) is 0 Å². The van der Waals surface area contributed by atoms with Crippen molar-refractivity contribution in [2.45, 2.75) is 39.8 Å². The van der Waals surface area contributed by atoms with Gasteiger partial charge in [-0.05, 0) is 52.4 Å². The van der Waals surface area contributed by atoms with Crippen LogP contribution in [0.25, 0.3) is 16.3 Å². The molecule has 0 saturated heterocycles. The number of benzene rings is 2.